The molecule has 7 nitrogen and oxygen atoms in total. The van der Waals surface area contributed by atoms with Gasteiger partial charge in [-0.15, -0.1) is 0 Å². The lowest BCUT2D eigenvalue weighted by molar-refractivity contribution is -0.132. The maximum absolute atomic E-state index is 12.3. The molecule has 1 aliphatic heterocycles. The monoisotopic (exact) mass is 312 g/mol. The van der Waals surface area contributed by atoms with E-state index in [0.29, 0.717) is 18.4 Å². The average Bonchev–Trinajstić information content (AvgIpc) is 2.47. The molecule has 0 saturated carbocycles. The summed E-state index contributed by atoms with van der Waals surface area (Å²) >= 11 is 5.86. The summed E-state index contributed by atoms with van der Waals surface area (Å²) in [5.74, 6) is 0.776. The van der Waals surface area contributed by atoms with E-state index in [1.807, 2.05) is 18.7 Å². The minimum atomic E-state index is -0.393. The summed E-state index contributed by atoms with van der Waals surface area (Å²) in [6.07, 6.45) is 3.34. The third-order valence-corrected chi connectivity index (χ3v) is 3.50. The van der Waals surface area contributed by atoms with Crippen LogP contribution in [0.3, 0.4) is 0 Å². The number of carbonyl (C=O) groups excluding carboxylic acids is 1. The Morgan fingerprint density at radius 1 is 1.24 bits per heavy atom. The molecule has 2 heterocycles. The molecule has 0 aromatic carbocycles. The van der Waals surface area contributed by atoms with Gasteiger partial charge in [-0.1, -0.05) is 0 Å². The number of likely N-dealkylation sites (tertiary alicyclic amines) is 1. The van der Waals surface area contributed by atoms with Crippen molar-refractivity contribution in [1.29, 1.82) is 0 Å². The van der Waals surface area contributed by atoms with Crippen LogP contribution in [-0.2, 0) is 4.79 Å². The molecular formula is C13H21ClN6O. The molecule has 2 N–H and O–H groups in total. The summed E-state index contributed by atoms with van der Waals surface area (Å²) in [6, 6.07) is -0.393. The fourth-order valence-electron chi connectivity index (χ4n) is 2.30. The first kappa shape index (κ1) is 15.8. The Balaban J connectivity index is 2.01. The number of carbonyl (C=O) groups is 1. The maximum Gasteiger partial charge on any atom is 0.244 e. The summed E-state index contributed by atoms with van der Waals surface area (Å²) in [4.78, 5) is 26.4. The molecule has 0 aliphatic carbocycles. The fourth-order valence-corrected chi connectivity index (χ4v) is 2.46. The van der Waals surface area contributed by atoms with Gasteiger partial charge in [0.1, 0.15) is 6.04 Å². The number of nitrogens with one attached hydrogen (secondary N) is 2. The molecule has 0 bridgehead atoms. The first-order valence-corrected chi connectivity index (χ1v) is 7.68. The van der Waals surface area contributed by atoms with Crippen molar-refractivity contribution in [2.75, 3.05) is 30.3 Å². The molecule has 2 rings (SSSR count). The average molecular weight is 313 g/mol. The van der Waals surface area contributed by atoms with Gasteiger partial charge in [-0.3, -0.25) is 4.79 Å². The van der Waals surface area contributed by atoms with Gasteiger partial charge in [0.2, 0.25) is 23.1 Å². The second kappa shape index (κ2) is 7.40. The van der Waals surface area contributed by atoms with Crippen molar-refractivity contribution in [3.05, 3.63) is 5.28 Å². The van der Waals surface area contributed by atoms with Gasteiger partial charge in [0, 0.05) is 19.6 Å². The lowest BCUT2D eigenvalue weighted by Gasteiger charge is -2.29. The second-order valence-electron chi connectivity index (χ2n) is 5.03. The van der Waals surface area contributed by atoms with Crippen molar-refractivity contribution in [3.63, 3.8) is 0 Å². The molecule has 1 aromatic heterocycles. The zero-order valence-electron chi connectivity index (χ0n) is 12.4. The predicted octanol–water partition coefficient (Wildman–Crippen LogP) is 1.77. The van der Waals surface area contributed by atoms with Gasteiger partial charge in [-0.25, -0.2) is 0 Å². The van der Waals surface area contributed by atoms with Gasteiger partial charge in [-0.05, 0) is 44.7 Å². The summed E-state index contributed by atoms with van der Waals surface area (Å²) in [5, 5.41) is 6.07. The van der Waals surface area contributed by atoms with E-state index < -0.39 is 6.04 Å². The van der Waals surface area contributed by atoms with Crippen LogP contribution in [0.1, 0.15) is 33.1 Å². The molecule has 1 aromatic rings. The zero-order chi connectivity index (χ0) is 15.2. The molecule has 1 fully saturated rings. The predicted molar refractivity (Wildman–Crippen MR) is 82.5 cm³/mol. The van der Waals surface area contributed by atoms with Crippen molar-refractivity contribution in [1.82, 2.24) is 19.9 Å². The lowest BCUT2D eigenvalue weighted by Crippen LogP contribution is -2.44. The van der Waals surface area contributed by atoms with Crippen LogP contribution in [0.4, 0.5) is 11.9 Å². The van der Waals surface area contributed by atoms with Crippen LogP contribution in [0.2, 0.25) is 5.28 Å². The third-order valence-electron chi connectivity index (χ3n) is 3.33. The Morgan fingerprint density at radius 3 is 2.57 bits per heavy atom. The van der Waals surface area contributed by atoms with Crippen molar-refractivity contribution < 1.29 is 4.79 Å². The number of hydrogen-bond acceptors (Lipinski definition) is 6. The zero-order valence-corrected chi connectivity index (χ0v) is 13.2. The van der Waals surface area contributed by atoms with Crippen LogP contribution < -0.4 is 10.6 Å². The normalized spacial score (nSPS) is 16.4. The van der Waals surface area contributed by atoms with E-state index in [2.05, 4.69) is 25.6 Å². The number of halogens is 1. The van der Waals surface area contributed by atoms with Gasteiger partial charge in [0.15, 0.2) is 0 Å². The first-order valence-electron chi connectivity index (χ1n) is 7.31. The van der Waals surface area contributed by atoms with Crippen LogP contribution in [0.15, 0.2) is 0 Å². The molecule has 1 amide bonds. The van der Waals surface area contributed by atoms with E-state index >= 15 is 0 Å². The molecule has 1 atom stereocenters. The van der Waals surface area contributed by atoms with Crippen LogP contribution >= 0.6 is 11.6 Å². The van der Waals surface area contributed by atoms with E-state index in [-0.39, 0.29) is 11.2 Å². The molecule has 0 spiro atoms. The molecule has 1 aliphatic rings. The number of aromatic nitrogens is 3. The highest BCUT2D eigenvalue weighted by Crippen LogP contribution is 2.13. The highest BCUT2D eigenvalue weighted by Gasteiger charge is 2.22. The van der Waals surface area contributed by atoms with Gasteiger partial charge in [0.25, 0.3) is 0 Å². The highest BCUT2D eigenvalue weighted by molar-refractivity contribution is 6.28. The van der Waals surface area contributed by atoms with E-state index in [0.717, 1.165) is 25.9 Å². The quantitative estimate of drug-likeness (QED) is 0.862. The van der Waals surface area contributed by atoms with Gasteiger partial charge in [-0.2, -0.15) is 15.0 Å². The van der Waals surface area contributed by atoms with E-state index in [4.69, 9.17) is 11.6 Å². The minimum Gasteiger partial charge on any atom is -0.354 e. The summed E-state index contributed by atoms with van der Waals surface area (Å²) in [5.41, 5.74) is 0. The molecular weight excluding hydrogens is 292 g/mol. The Morgan fingerprint density at radius 2 is 1.90 bits per heavy atom. The number of amides is 1. The minimum absolute atomic E-state index is 0.0660. The Kier molecular flexibility index (Phi) is 5.55. The van der Waals surface area contributed by atoms with E-state index in [1.54, 1.807) is 0 Å². The smallest absolute Gasteiger partial charge is 0.244 e. The van der Waals surface area contributed by atoms with Crippen molar-refractivity contribution in [2.45, 2.75) is 39.2 Å². The Bertz CT molecular complexity index is 492. The van der Waals surface area contributed by atoms with Crippen molar-refractivity contribution >= 4 is 29.4 Å². The van der Waals surface area contributed by atoms with Crippen LogP contribution in [0, 0.1) is 0 Å². The number of piperidine rings is 1. The molecule has 8 heteroatoms. The van der Waals surface area contributed by atoms with Gasteiger partial charge >= 0.3 is 0 Å². The second-order valence-corrected chi connectivity index (χ2v) is 5.37. The maximum atomic E-state index is 12.3. The van der Waals surface area contributed by atoms with E-state index in [1.165, 1.54) is 6.42 Å². The molecule has 116 valence electrons. The summed E-state index contributed by atoms with van der Waals surface area (Å²) in [6.45, 7) is 6.08. The van der Waals surface area contributed by atoms with Crippen LogP contribution in [0.5, 0.6) is 0 Å². The topological polar surface area (TPSA) is 83.0 Å². The summed E-state index contributed by atoms with van der Waals surface area (Å²) in [7, 11) is 0. The Hall–Kier alpha value is -1.63. The van der Waals surface area contributed by atoms with Crippen molar-refractivity contribution in [2.24, 2.45) is 0 Å². The molecule has 21 heavy (non-hydrogen) atoms. The first-order chi connectivity index (χ1) is 10.1. The molecule has 0 radical (unpaired) electrons. The summed E-state index contributed by atoms with van der Waals surface area (Å²) < 4.78 is 0. The lowest BCUT2D eigenvalue weighted by atomic mass is 10.1. The molecule has 1 saturated heterocycles. The van der Waals surface area contributed by atoms with Crippen LogP contribution in [-0.4, -0.2) is 51.4 Å². The van der Waals surface area contributed by atoms with Gasteiger partial charge in [0.05, 0.1) is 0 Å². The fraction of sp³-hybridized carbons (Fsp3) is 0.692. The third kappa shape index (κ3) is 4.42. The number of hydrogen-bond donors (Lipinski definition) is 2. The number of rotatable bonds is 5. The van der Waals surface area contributed by atoms with Gasteiger partial charge < -0.3 is 15.5 Å². The largest absolute Gasteiger partial charge is 0.354 e. The van der Waals surface area contributed by atoms with Crippen LogP contribution in [0.25, 0.3) is 0 Å². The molecule has 1 unspecified atom stereocenters. The highest BCUT2D eigenvalue weighted by atomic mass is 35.5. The van der Waals surface area contributed by atoms with E-state index in [9.17, 15) is 4.79 Å². The standard InChI is InChI=1S/C13H21ClN6O/c1-3-15-12-17-11(14)18-13(19-12)16-9(2)10(21)20-7-5-4-6-8-20/h9H,3-8H2,1-2H3,(H2,15,16,17,18,19). The van der Waals surface area contributed by atoms with Crippen molar-refractivity contribution in [3.8, 4) is 0 Å². The number of nitrogens with zero attached hydrogens (tertiary/aromatic N) is 4. The Labute approximate surface area is 129 Å². The number of anilines is 2. The SMILES string of the molecule is CCNc1nc(Cl)nc(NC(C)C(=O)N2CCCCC2)n1.